The van der Waals surface area contributed by atoms with Crippen molar-refractivity contribution >= 4 is 11.7 Å². The third-order valence-electron chi connectivity index (χ3n) is 5.08. The van der Waals surface area contributed by atoms with Crippen LogP contribution in [0, 0.1) is 5.82 Å². The lowest BCUT2D eigenvalue weighted by Crippen LogP contribution is -2.18. The minimum atomic E-state index is -0.423. The Morgan fingerprint density at radius 1 is 1.19 bits per heavy atom. The molecule has 2 aromatic carbocycles. The van der Waals surface area contributed by atoms with Crippen LogP contribution in [0.4, 0.5) is 10.1 Å². The normalized spacial score (nSPS) is 16.5. The van der Waals surface area contributed by atoms with E-state index in [2.05, 4.69) is 10.3 Å². The summed E-state index contributed by atoms with van der Waals surface area (Å²) >= 11 is 0. The molecule has 2 heterocycles. The first-order chi connectivity index (χ1) is 15.1. The number of halogens is 1. The Bertz CT molecular complexity index is 1040. The SMILES string of the molecule is COC(=O)c1cccc(NC(c2cccnc2)c2ccc(F)c(O[C@@H]3CCOC3)c2)c1. The molecule has 0 amide bonds. The van der Waals surface area contributed by atoms with Gasteiger partial charge >= 0.3 is 5.97 Å². The average Bonchev–Trinajstić information content (AvgIpc) is 3.32. The van der Waals surface area contributed by atoms with E-state index in [-0.39, 0.29) is 17.9 Å². The monoisotopic (exact) mass is 422 g/mol. The van der Waals surface area contributed by atoms with Gasteiger partial charge in [0, 0.05) is 24.5 Å². The van der Waals surface area contributed by atoms with Gasteiger partial charge in [-0.25, -0.2) is 9.18 Å². The number of benzene rings is 2. The van der Waals surface area contributed by atoms with Crippen LogP contribution < -0.4 is 10.1 Å². The molecule has 6 nitrogen and oxygen atoms in total. The van der Waals surface area contributed by atoms with Gasteiger partial charge in [-0.2, -0.15) is 0 Å². The quantitative estimate of drug-likeness (QED) is 0.570. The van der Waals surface area contributed by atoms with Gasteiger partial charge in [-0.05, 0) is 47.5 Å². The largest absolute Gasteiger partial charge is 0.485 e. The minimum absolute atomic E-state index is 0.161. The molecule has 1 fully saturated rings. The molecular weight excluding hydrogens is 399 g/mol. The van der Waals surface area contributed by atoms with Crippen molar-refractivity contribution in [2.45, 2.75) is 18.6 Å². The van der Waals surface area contributed by atoms with Crippen LogP contribution >= 0.6 is 0 Å². The number of methoxy groups -OCH3 is 1. The molecule has 0 aliphatic carbocycles. The van der Waals surface area contributed by atoms with Gasteiger partial charge in [0.05, 0.1) is 31.9 Å². The maximum Gasteiger partial charge on any atom is 0.337 e. The molecule has 0 bridgehead atoms. The number of nitrogens with one attached hydrogen (secondary N) is 1. The predicted octanol–water partition coefficient (Wildman–Crippen LogP) is 4.38. The standard InChI is InChI=1S/C24H23FN2O4/c1-29-24(28)17-4-2-6-19(12-17)27-23(18-5-3-10-26-14-18)16-7-8-21(25)22(13-16)31-20-9-11-30-15-20/h2-8,10,12-14,20,23,27H,9,11,15H2,1H3/t20-,23?/m1/s1. The fourth-order valence-corrected chi connectivity index (χ4v) is 3.50. The van der Waals surface area contributed by atoms with E-state index in [1.54, 1.807) is 42.7 Å². The van der Waals surface area contributed by atoms with Crippen LogP contribution in [0.1, 0.15) is 33.9 Å². The Hall–Kier alpha value is -3.45. The molecule has 1 aliphatic rings. The third-order valence-corrected chi connectivity index (χ3v) is 5.08. The molecule has 0 spiro atoms. The first kappa shape index (κ1) is 20.8. The van der Waals surface area contributed by atoms with E-state index in [0.29, 0.717) is 24.5 Å². The van der Waals surface area contributed by atoms with Gasteiger partial charge in [0.15, 0.2) is 11.6 Å². The van der Waals surface area contributed by atoms with Crippen LogP contribution in [-0.2, 0) is 9.47 Å². The van der Waals surface area contributed by atoms with Crippen molar-refractivity contribution in [3.05, 3.63) is 89.5 Å². The molecule has 4 rings (SSSR count). The molecule has 1 aromatic heterocycles. The van der Waals surface area contributed by atoms with Crippen LogP contribution in [0.3, 0.4) is 0 Å². The fourth-order valence-electron chi connectivity index (χ4n) is 3.50. The van der Waals surface area contributed by atoms with Crippen LogP contribution in [0.5, 0.6) is 5.75 Å². The summed E-state index contributed by atoms with van der Waals surface area (Å²) in [7, 11) is 1.34. The molecule has 2 atom stereocenters. The van der Waals surface area contributed by atoms with E-state index in [1.165, 1.54) is 13.2 Å². The number of hydrogen-bond acceptors (Lipinski definition) is 6. The maximum absolute atomic E-state index is 14.4. The van der Waals surface area contributed by atoms with Crippen molar-refractivity contribution in [2.24, 2.45) is 0 Å². The fraction of sp³-hybridized carbons (Fsp3) is 0.250. The summed E-state index contributed by atoms with van der Waals surface area (Å²) in [6.45, 7) is 1.07. The highest BCUT2D eigenvalue weighted by molar-refractivity contribution is 5.90. The zero-order chi connectivity index (χ0) is 21.6. The molecule has 0 saturated carbocycles. The van der Waals surface area contributed by atoms with Gasteiger partial charge in [0.2, 0.25) is 0 Å². The van der Waals surface area contributed by atoms with Gasteiger partial charge in [0.1, 0.15) is 6.10 Å². The predicted molar refractivity (Wildman–Crippen MR) is 114 cm³/mol. The number of rotatable bonds is 7. The molecular formula is C24H23FN2O4. The van der Waals surface area contributed by atoms with Gasteiger partial charge in [-0.1, -0.05) is 18.2 Å². The van der Waals surface area contributed by atoms with Crippen molar-refractivity contribution in [1.82, 2.24) is 4.98 Å². The van der Waals surface area contributed by atoms with Gasteiger partial charge < -0.3 is 19.5 Å². The van der Waals surface area contributed by atoms with Crippen molar-refractivity contribution in [3.63, 3.8) is 0 Å². The van der Waals surface area contributed by atoms with E-state index in [1.807, 2.05) is 18.2 Å². The number of ether oxygens (including phenoxy) is 3. The molecule has 160 valence electrons. The second kappa shape index (κ2) is 9.57. The zero-order valence-electron chi connectivity index (χ0n) is 17.1. The Balaban J connectivity index is 1.67. The van der Waals surface area contributed by atoms with Crippen molar-refractivity contribution in [2.75, 3.05) is 25.6 Å². The Morgan fingerprint density at radius 3 is 2.84 bits per heavy atom. The van der Waals surface area contributed by atoms with Crippen molar-refractivity contribution in [3.8, 4) is 5.75 Å². The van der Waals surface area contributed by atoms with E-state index in [9.17, 15) is 9.18 Å². The number of carbonyl (C=O) groups is 1. The number of carbonyl (C=O) groups excluding carboxylic acids is 1. The molecule has 1 saturated heterocycles. The summed E-state index contributed by atoms with van der Waals surface area (Å²) in [6.07, 6.45) is 4.01. The van der Waals surface area contributed by atoms with Crippen LogP contribution in [0.2, 0.25) is 0 Å². The van der Waals surface area contributed by atoms with E-state index >= 15 is 0 Å². The lowest BCUT2D eigenvalue weighted by atomic mass is 9.99. The molecule has 1 unspecified atom stereocenters. The number of esters is 1. The Labute approximate surface area is 180 Å². The summed E-state index contributed by atoms with van der Waals surface area (Å²) < 4.78 is 30.4. The smallest absolute Gasteiger partial charge is 0.337 e. The zero-order valence-corrected chi connectivity index (χ0v) is 17.1. The molecule has 3 aromatic rings. The summed E-state index contributed by atoms with van der Waals surface area (Å²) in [5, 5.41) is 3.42. The lowest BCUT2D eigenvalue weighted by Gasteiger charge is -2.22. The molecule has 7 heteroatoms. The second-order valence-corrected chi connectivity index (χ2v) is 7.23. The molecule has 1 aliphatic heterocycles. The van der Waals surface area contributed by atoms with Gasteiger partial charge in [0.25, 0.3) is 0 Å². The van der Waals surface area contributed by atoms with Crippen molar-refractivity contribution in [1.29, 1.82) is 0 Å². The summed E-state index contributed by atoms with van der Waals surface area (Å²) in [6, 6.07) is 15.3. The van der Waals surface area contributed by atoms with E-state index in [4.69, 9.17) is 14.2 Å². The molecule has 31 heavy (non-hydrogen) atoms. The number of pyridine rings is 1. The first-order valence-electron chi connectivity index (χ1n) is 10.0. The molecule has 0 radical (unpaired) electrons. The van der Waals surface area contributed by atoms with Gasteiger partial charge in [-0.15, -0.1) is 0 Å². The summed E-state index contributed by atoms with van der Waals surface area (Å²) in [5.74, 6) is -0.655. The maximum atomic E-state index is 14.4. The number of nitrogens with zero attached hydrogens (tertiary/aromatic N) is 1. The Kier molecular flexibility index (Phi) is 6.43. The lowest BCUT2D eigenvalue weighted by molar-refractivity contribution is 0.0601. The molecule has 1 N–H and O–H groups in total. The van der Waals surface area contributed by atoms with Crippen LogP contribution in [0.15, 0.2) is 67.0 Å². The number of hydrogen-bond donors (Lipinski definition) is 1. The highest BCUT2D eigenvalue weighted by atomic mass is 19.1. The number of aromatic nitrogens is 1. The third kappa shape index (κ3) is 5.00. The van der Waals surface area contributed by atoms with E-state index < -0.39 is 11.8 Å². The summed E-state index contributed by atoms with van der Waals surface area (Å²) in [4.78, 5) is 16.1. The Morgan fingerprint density at radius 2 is 2.10 bits per heavy atom. The van der Waals surface area contributed by atoms with E-state index in [0.717, 1.165) is 17.5 Å². The van der Waals surface area contributed by atoms with Gasteiger partial charge in [-0.3, -0.25) is 4.98 Å². The topological polar surface area (TPSA) is 69.7 Å². The summed E-state index contributed by atoms with van der Waals surface area (Å²) in [5.41, 5.74) is 2.83. The van der Waals surface area contributed by atoms with Crippen LogP contribution in [0.25, 0.3) is 0 Å². The highest BCUT2D eigenvalue weighted by Crippen LogP contribution is 2.31. The first-order valence-corrected chi connectivity index (χ1v) is 10.0. The van der Waals surface area contributed by atoms with Crippen LogP contribution in [-0.4, -0.2) is 37.4 Å². The average molecular weight is 422 g/mol. The highest BCUT2D eigenvalue weighted by Gasteiger charge is 2.21. The second-order valence-electron chi connectivity index (χ2n) is 7.23. The number of anilines is 1. The van der Waals surface area contributed by atoms with Crippen molar-refractivity contribution < 1.29 is 23.4 Å². The minimum Gasteiger partial charge on any atom is -0.485 e.